The maximum Gasteiger partial charge on any atom is 0.338 e. The zero-order chi connectivity index (χ0) is 15.6. The van der Waals surface area contributed by atoms with Gasteiger partial charge in [-0.1, -0.05) is 15.9 Å². The molecule has 0 N–H and O–H groups in total. The van der Waals surface area contributed by atoms with Crippen molar-refractivity contribution in [2.75, 3.05) is 19.8 Å². The van der Waals surface area contributed by atoms with E-state index in [9.17, 15) is 13.2 Å². The minimum atomic E-state index is -3.93. The summed E-state index contributed by atoms with van der Waals surface area (Å²) in [5.41, 5.74) is 0.461. The standard InChI is InChI=1S/C13H14BrClO5S/c1-8-11(4-10(14)5-12(8)21(15,17)18)13(16)20-7-9-2-3-19-6-9/h4-5,9H,2-3,6-7H2,1H3. The zero-order valence-electron chi connectivity index (χ0n) is 11.3. The lowest BCUT2D eigenvalue weighted by Crippen LogP contribution is -2.16. The maximum absolute atomic E-state index is 12.1. The van der Waals surface area contributed by atoms with Crippen molar-refractivity contribution >= 4 is 41.6 Å². The van der Waals surface area contributed by atoms with E-state index >= 15 is 0 Å². The van der Waals surface area contributed by atoms with Crippen molar-refractivity contribution in [2.45, 2.75) is 18.2 Å². The van der Waals surface area contributed by atoms with Crippen LogP contribution in [0.15, 0.2) is 21.5 Å². The van der Waals surface area contributed by atoms with Gasteiger partial charge in [0.1, 0.15) is 0 Å². The molecule has 0 amide bonds. The maximum atomic E-state index is 12.1. The average Bonchev–Trinajstić information content (AvgIpc) is 2.90. The fourth-order valence-electron chi connectivity index (χ4n) is 2.11. The first-order chi connectivity index (χ1) is 9.79. The third-order valence-corrected chi connectivity index (χ3v) is 5.19. The molecule has 0 bridgehead atoms. The van der Waals surface area contributed by atoms with E-state index in [1.807, 2.05) is 0 Å². The van der Waals surface area contributed by atoms with Crippen LogP contribution in [0.5, 0.6) is 0 Å². The van der Waals surface area contributed by atoms with Crippen molar-refractivity contribution < 1.29 is 22.7 Å². The Hall–Kier alpha value is -0.630. The van der Waals surface area contributed by atoms with E-state index in [1.165, 1.54) is 19.1 Å². The summed E-state index contributed by atoms with van der Waals surface area (Å²) >= 11 is 3.17. The van der Waals surface area contributed by atoms with Gasteiger partial charge in [-0.05, 0) is 31.0 Å². The van der Waals surface area contributed by atoms with Crippen LogP contribution >= 0.6 is 26.6 Å². The van der Waals surface area contributed by atoms with Crippen LogP contribution in [0.2, 0.25) is 0 Å². The molecule has 0 aliphatic carbocycles. The predicted molar refractivity (Wildman–Crippen MR) is 81.1 cm³/mol. The molecule has 0 spiro atoms. The van der Waals surface area contributed by atoms with Crippen LogP contribution in [0.4, 0.5) is 0 Å². The van der Waals surface area contributed by atoms with Gasteiger partial charge in [-0.3, -0.25) is 0 Å². The van der Waals surface area contributed by atoms with Gasteiger partial charge in [-0.15, -0.1) is 0 Å². The van der Waals surface area contributed by atoms with Crippen molar-refractivity contribution in [3.05, 3.63) is 27.7 Å². The summed E-state index contributed by atoms with van der Waals surface area (Å²) in [5.74, 6) is -0.375. The molecule has 5 nitrogen and oxygen atoms in total. The van der Waals surface area contributed by atoms with Gasteiger partial charge in [0.15, 0.2) is 0 Å². The summed E-state index contributed by atoms with van der Waals surface area (Å²) in [6.45, 7) is 3.03. The summed E-state index contributed by atoms with van der Waals surface area (Å²) in [7, 11) is 1.45. The second-order valence-corrected chi connectivity index (χ2v) is 8.29. The van der Waals surface area contributed by atoms with Gasteiger partial charge in [0.2, 0.25) is 0 Å². The Kier molecular flexibility index (Phi) is 5.29. The molecule has 0 radical (unpaired) electrons. The van der Waals surface area contributed by atoms with Crippen LogP contribution in [0.1, 0.15) is 22.3 Å². The molecule has 21 heavy (non-hydrogen) atoms. The van der Waals surface area contributed by atoms with E-state index in [0.717, 1.165) is 6.42 Å². The van der Waals surface area contributed by atoms with Crippen LogP contribution in [-0.4, -0.2) is 34.2 Å². The third-order valence-electron chi connectivity index (χ3n) is 3.28. The minimum absolute atomic E-state index is 0.102. The Morgan fingerprint density at radius 1 is 1.52 bits per heavy atom. The van der Waals surface area contributed by atoms with Crippen LogP contribution < -0.4 is 0 Å². The Bertz CT molecular complexity index is 653. The van der Waals surface area contributed by atoms with Gasteiger partial charge in [0.25, 0.3) is 9.05 Å². The SMILES string of the molecule is Cc1c(C(=O)OCC2CCOC2)cc(Br)cc1S(=O)(=O)Cl. The topological polar surface area (TPSA) is 69.7 Å². The van der Waals surface area contributed by atoms with Crippen LogP contribution in [0.3, 0.4) is 0 Å². The fraction of sp³-hybridized carbons (Fsp3) is 0.462. The normalized spacial score (nSPS) is 18.7. The highest BCUT2D eigenvalue weighted by molar-refractivity contribution is 9.10. The highest BCUT2D eigenvalue weighted by Crippen LogP contribution is 2.28. The number of carbonyl (C=O) groups is 1. The first-order valence-electron chi connectivity index (χ1n) is 6.28. The molecule has 1 aliphatic rings. The van der Waals surface area contributed by atoms with Crippen molar-refractivity contribution in [1.82, 2.24) is 0 Å². The lowest BCUT2D eigenvalue weighted by atomic mass is 10.1. The predicted octanol–water partition coefficient (Wildman–Crippen LogP) is 2.88. The largest absolute Gasteiger partial charge is 0.462 e. The summed E-state index contributed by atoms with van der Waals surface area (Å²) in [4.78, 5) is 12.0. The highest BCUT2D eigenvalue weighted by atomic mass is 79.9. The monoisotopic (exact) mass is 396 g/mol. The third kappa shape index (κ3) is 4.18. The number of carbonyl (C=O) groups excluding carboxylic acids is 1. The van der Waals surface area contributed by atoms with Gasteiger partial charge >= 0.3 is 5.97 Å². The second-order valence-electron chi connectivity index (χ2n) is 4.84. The Balaban J connectivity index is 2.22. The summed E-state index contributed by atoms with van der Waals surface area (Å²) in [6.07, 6.45) is 0.853. The van der Waals surface area contributed by atoms with Crippen molar-refractivity contribution in [3.63, 3.8) is 0 Å². The fourth-order valence-corrected chi connectivity index (χ4v) is 3.94. The lowest BCUT2D eigenvalue weighted by Gasteiger charge is -2.12. The molecular weight excluding hydrogens is 384 g/mol. The smallest absolute Gasteiger partial charge is 0.338 e. The number of rotatable bonds is 4. The molecule has 1 saturated heterocycles. The molecule has 1 aliphatic heterocycles. The average molecular weight is 398 g/mol. The summed E-state index contributed by atoms with van der Waals surface area (Å²) < 4.78 is 33.9. The lowest BCUT2D eigenvalue weighted by molar-refractivity contribution is 0.0427. The van der Waals surface area contributed by atoms with E-state index in [0.29, 0.717) is 17.7 Å². The number of esters is 1. The number of hydrogen-bond donors (Lipinski definition) is 0. The molecule has 1 fully saturated rings. The van der Waals surface area contributed by atoms with Crippen LogP contribution in [0, 0.1) is 12.8 Å². The number of hydrogen-bond acceptors (Lipinski definition) is 5. The Labute approximate surface area is 136 Å². The molecular formula is C13H14BrClO5S. The number of benzene rings is 1. The molecule has 8 heteroatoms. The Morgan fingerprint density at radius 2 is 2.24 bits per heavy atom. The van der Waals surface area contributed by atoms with E-state index in [-0.39, 0.29) is 28.5 Å². The van der Waals surface area contributed by atoms with Crippen LogP contribution in [-0.2, 0) is 18.5 Å². The molecule has 116 valence electrons. The summed E-state index contributed by atoms with van der Waals surface area (Å²) in [5, 5.41) is 0. The van der Waals surface area contributed by atoms with Gasteiger partial charge in [-0.25, -0.2) is 13.2 Å². The molecule has 1 atom stereocenters. The number of halogens is 2. The van der Waals surface area contributed by atoms with Gasteiger partial charge in [0, 0.05) is 27.7 Å². The molecule has 1 aromatic rings. The molecule has 1 aromatic carbocycles. The van der Waals surface area contributed by atoms with E-state index < -0.39 is 15.0 Å². The molecule has 1 unspecified atom stereocenters. The first kappa shape index (κ1) is 16.7. The zero-order valence-corrected chi connectivity index (χ0v) is 14.4. The minimum Gasteiger partial charge on any atom is -0.462 e. The Morgan fingerprint density at radius 3 is 2.81 bits per heavy atom. The van der Waals surface area contributed by atoms with E-state index in [1.54, 1.807) is 0 Å². The molecule has 0 saturated carbocycles. The molecule has 1 heterocycles. The van der Waals surface area contributed by atoms with Crippen molar-refractivity contribution in [3.8, 4) is 0 Å². The van der Waals surface area contributed by atoms with E-state index in [4.69, 9.17) is 20.2 Å². The van der Waals surface area contributed by atoms with Crippen molar-refractivity contribution in [1.29, 1.82) is 0 Å². The highest BCUT2D eigenvalue weighted by Gasteiger charge is 2.23. The molecule has 0 aromatic heterocycles. The molecule has 2 rings (SSSR count). The quantitative estimate of drug-likeness (QED) is 0.577. The summed E-state index contributed by atoms with van der Waals surface area (Å²) in [6, 6.07) is 2.88. The van der Waals surface area contributed by atoms with Gasteiger partial charge in [-0.2, -0.15) is 0 Å². The van der Waals surface area contributed by atoms with Gasteiger partial charge in [0.05, 0.1) is 23.7 Å². The number of ether oxygens (including phenoxy) is 2. The van der Waals surface area contributed by atoms with Gasteiger partial charge < -0.3 is 9.47 Å². The van der Waals surface area contributed by atoms with E-state index in [2.05, 4.69) is 15.9 Å². The van der Waals surface area contributed by atoms with Crippen LogP contribution in [0.25, 0.3) is 0 Å². The van der Waals surface area contributed by atoms with Crippen molar-refractivity contribution in [2.24, 2.45) is 5.92 Å². The first-order valence-corrected chi connectivity index (χ1v) is 9.39. The second kappa shape index (κ2) is 6.64.